The summed E-state index contributed by atoms with van der Waals surface area (Å²) in [5, 5.41) is 10.2. The van der Waals surface area contributed by atoms with E-state index in [4.69, 9.17) is 4.74 Å². The van der Waals surface area contributed by atoms with E-state index in [9.17, 15) is 5.26 Å². The normalized spacial score (nSPS) is 10.8. The Kier molecular flexibility index (Phi) is 4.63. The molecule has 0 aromatic heterocycles. The average Bonchev–Trinajstić information content (AvgIpc) is 2.68. The van der Waals surface area contributed by atoms with Gasteiger partial charge in [0.1, 0.15) is 11.2 Å². The van der Waals surface area contributed by atoms with Gasteiger partial charge in [-0.25, -0.2) is 0 Å². The zero-order valence-corrected chi connectivity index (χ0v) is 13.6. The highest BCUT2D eigenvalue weighted by Crippen LogP contribution is 2.35. The molecule has 0 fully saturated rings. The molecular weight excluding hydrogens is 294 g/mol. The lowest BCUT2D eigenvalue weighted by molar-refractivity contribution is 0.414. The van der Waals surface area contributed by atoms with Crippen LogP contribution in [0.25, 0.3) is 0 Å². The molecule has 2 heteroatoms. The molecule has 0 aliphatic heterocycles. The largest absolute Gasteiger partial charge is 0.497 e. The summed E-state index contributed by atoms with van der Waals surface area (Å²) in [5.74, 6) is 0.806. The van der Waals surface area contributed by atoms with Crippen molar-refractivity contribution in [1.29, 1.82) is 5.26 Å². The summed E-state index contributed by atoms with van der Waals surface area (Å²) in [4.78, 5) is 0. The molecule has 0 N–H and O–H groups in total. The van der Waals surface area contributed by atoms with Crippen LogP contribution in [-0.4, -0.2) is 7.11 Å². The van der Waals surface area contributed by atoms with Gasteiger partial charge >= 0.3 is 0 Å². The molecule has 24 heavy (non-hydrogen) atoms. The number of benzene rings is 3. The maximum atomic E-state index is 10.2. The van der Waals surface area contributed by atoms with Crippen LogP contribution in [0.1, 0.15) is 16.7 Å². The van der Waals surface area contributed by atoms with E-state index in [1.165, 1.54) is 0 Å². The molecular formula is C22H19NO. The molecule has 0 bridgehead atoms. The molecule has 0 radical (unpaired) electrons. The number of rotatable bonds is 5. The quantitative estimate of drug-likeness (QED) is 0.681. The molecule has 0 spiro atoms. The predicted octanol–water partition coefficient (Wildman–Crippen LogP) is 4.75. The SMILES string of the molecule is COc1cccc(CC(C#N)(c2ccccc2)c2ccccc2)c1. The Morgan fingerprint density at radius 2 is 1.42 bits per heavy atom. The van der Waals surface area contributed by atoms with Crippen molar-refractivity contribution in [1.82, 2.24) is 0 Å². The van der Waals surface area contributed by atoms with Crippen LogP contribution in [0.3, 0.4) is 0 Å². The minimum atomic E-state index is -0.727. The van der Waals surface area contributed by atoms with Gasteiger partial charge in [-0.05, 0) is 35.2 Å². The van der Waals surface area contributed by atoms with Gasteiger partial charge in [-0.3, -0.25) is 0 Å². The van der Waals surface area contributed by atoms with E-state index >= 15 is 0 Å². The summed E-state index contributed by atoms with van der Waals surface area (Å²) in [5.41, 5.74) is 2.35. The van der Waals surface area contributed by atoms with Crippen molar-refractivity contribution < 1.29 is 4.74 Å². The second-order valence-corrected chi connectivity index (χ2v) is 5.78. The van der Waals surface area contributed by atoms with E-state index in [0.29, 0.717) is 6.42 Å². The number of nitrogens with zero attached hydrogens (tertiary/aromatic N) is 1. The van der Waals surface area contributed by atoms with Crippen molar-refractivity contribution in [2.75, 3.05) is 7.11 Å². The van der Waals surface area contributed by atoms with E-state index in [1.807, 2.05) is 84.9 Å². The Bertz CT molecular complexity index is 795. The lowest BCUT2D eigenvalue weighted by Gasteiger charge is -2.28. The minimum Gasteiger partial charge on any atom is -0.497 e. The number of hydrogen-bond donors (Lipinski definition) is 0. The molecule has 2 nitrogen and oxygen atoms in total. The van der Waals surface area contributed by atoms with Gasteiger partial charge in [0.05, 0.1) is 13.2 Å². The molecule has 0 saturated heterocycles. The molecule has 0 amide bonds. The fourth-order valence-corrected chi connectivity index (χ4v) is 3.07. The van der Waals surface area contributed by atoms with Gasteiger partial charge in [-0.15, -0.1) is 0 Å². The van der Waals surface area contributed by atoms with E-state index in [-0.39, 0.29) is 0 Å². The van der Waals surface area contributed by atoms with Gasteiger partial charge in [0.25, 0.3) is 0 Å². The molecule has 118 valence electrons. The van der Waals surface area contributed by atoms with Gasteiger partial charge in [0.2, 0.25) is 0 Å². The fourth-order valence-electron chi connectivity index (χ4n) is 3.07. The van der Waals surface area contributed by atoms with Crippen LogP contribution < -0.4 is 4.74 Å². The lowest BCUT2D eigenvalue weighted by atomic mass is 9.71. The molecule has 0 saturated carbocycles. The van der Waals surface area contributed by atoms with Crippen LogP contribution in [0.5, 0.6) is 5.75 Å². The zero-order chi connectivity index (χ0) is 16.8. The molecule has 0 atom stereocenters. The van der Waals surface area contributed by atoms with Crippen LogP contribution in [0, 0.1) is 11.3 Å². The second kappa shape index (κ2) is 7.02. The van der Waals surface area contributed by atoms with E-state index in [2.05, 4.69) is 6.07 Å². The van der Waals surface area contributed by atoms with Crippen molar-refractivity contribution in [2.45, 2.75) is 11.8 Å². The van der Waals surface area contributed by atoms with Gasteiger partial charge < -0.3 is 4.74 Å². The van der Waals surface area contributed by atoms with Crippen molar-refractivity contribution in [3.8, 4) is 11.8 Å². The summed E-state index contributed by atoms with van der Waals surface area (Å²) in [6, 6.07) is 30.5. The first-order chi connectivity index (χ1) is 11.8. The monoisotopic (exact) mass is 313 g/mol. The average molecular weight is 313 g/mol. The molecule has 3 aromatic carbocycles. The van der Waals surface area contributed by atoms with Gasteiger partial charge in [-0.2, -0.15) is 5.26 Å². The van der Waals surface area contributed by atoms with Gasteiger partial charge in [0.15, 0.2) is 0 Å². The van der Waals surface area contributed by atoms with E-state index in [1.54, 1.807) is 7.11 Å². The zero-order valence-electron chi connectivity index (χ0n) is 13.6. The van der Waals surface area contributed by atoms with Crippen molar-refractivity contribution >= 4 is 0 Å². The van der Waals surface area contributed by atoms with Crippen LogP contribution in [0.2, 0.25) is 0 Å². The van der Waals surface area contributed by atoms with Crippen LogP contribution in [-0.2, 0) is 11.8 Å². The maximum Gasteiger partial charge on any atom is 0.119 e. The van der Waals surface area contributed by atoms with Crippen LogP contribution in [0.15, 0.2) is 84.9 Å². The van der Waals surface area contributed by atoms with Crippen LogP contribution in [0.4, 0.5) is 0 Å². The first kappa shape index (κ1) is 15.8. The second-order valence-electron chi connectivity index (χ2n) is 5.78. The Balaban J connectivity index is 2.13. The Morgan fingerprint density at radius 1 is 0.833 bits per heavy atom. The fraction of sp³-hybridized carbons (Fsp3) is 0.136. The van der Waals surface area contributed by atoms with Gasteiger partial charge in [0, 0.05) is 0 Å². The first-order valence-corrected chi connectivity index (χ1v) is 7.94. The molecule has 3 aromatic rings. The third-order valence-corrected chi connectivity index (χ3v) is 4.33. The predicted molar refractivity (Wildman–Crippen MR) is 96.0 cm³/mol. The molecule has 0 heterocycles. The highest BCUT2D eigenvalue weighted by atomic mass is 16.5. The third-order valence-electron chi connectivity index (χ3n) is 4.33. The minimum absolute atomic E-state index is 0.592. The molecule has 0 aliphatic carbocycles. The Labute approximate surface area is 143 Å². The molecule has 0 unspecified atom stereocenters. The molecule has 3 rings (SSSR count). The first-order valence-electron chi connectivity index (χ1n) is 7.94. The summed E-state index contributed by atoms with van der Waals surface area (Å²) in [6.07, 6.45) is 0.592. The van der Waals surface area contributed by atoms with E-state index in [0.717, 1.165) is 22.4 Å². The highest BCUT2D eigenvalue weighted by molar-refractivity contribution is 5.48. The third kappa shape index (κ3) is 3.02. The van der Waals surface area contributed by atoms with Crippen molar-refractivity contribution in [3.63, 3.8) is 0 Å². The van der Waals surface area contributed by atoms with Crippen molar-refractivity contribution in [2.24, 2.45) is 0 Å². The number of ether oxygens (including phenoxy) is 1. The topological polar surface area (TPSA) is 33.0 Å². The summed E-state index contributed by atoms with van der Waals surface area (Å²) >= 11 is 0. The molecule has 0 aliphatic rings. The lowest BCUT2D eigenvalue weighted by Crippen LogP contribution is -2.28. The van der Waals surface area contributed by atoms with Crippen LogP contribution >= 0.6 is 0 Å². The Morgan fingerprint density at radius 3 is 1.92 bits per heavy atom. The standard InChI is InChI=1S/C22H19NO/c1-24-21-14-8-9-18(15-21)16-22(17-23,19-10-4-2-5-11-19)20-12-6-3-7-13-20/h2-15H,16H2,1H3. The smallest absolute Gasteiger partial charge is 0.119 e. The highest BCUT2D eigenvalue weighted by Gasteiger charge is 2.34. The Hall–Kier alpha value is -3.05. The number of methoxy groups -OCH3 is 1. The summed E-state index contributed by atoms with van der Waals surface area (Å²) in [7, 11) is 1.66. The van der Waals surface area contributed by atoms with Crippen molar-refractivity contribution in [3.05, 3.63) is 102 Å². The summed E-state index contributed by atoms with van der Waals surface area (Å²) < 4.78 is 5.33. The number of hydrogen-bond acceptors (Lipinski definition) is 2. The number of nitriles is 1. The summed E-state index contributed by atoms with van der Waals surface area (Å²) in [6.45, 7) is 0. The maximum absolute atomic E-state index is 10.2. The van der Waals surface area contributed by atoms with E-state index < -0.39 is 5.41 Å². The van der Waals surface area contributed by atoms with Gasteiger partial charge in [-0.1, -0.05) is 72.8 Å².